The second-order valence-electron chi connectivity index (χ2n) is 7.18. The maximum absolute atomic E-state index is 12.6. The molecule has 2 aromatic carbocycles. The monoisotopic (exact) mass is 384 g/mol. The van der Waals surface area contributed by atoms with Gasteiger partial charge in [0.25, 0.3) is 5.91 Å². The number of fused-ring (bicyclic) bond motifs is 1. The second kappa shape index (κ2) is 7.35. The highest BCUT2D eigenvalue weighted by molar-refractivity contribution is 6.06. The molecule has 0 radical (unpaired) electrons. The highest BCUT2D eigenvalue weighted by atomic mass is 16.1. The zero-order chi connectivity index (χ0) is 19.6. The lowest BCUT2D eigenvalue weighted by Crippen LogP contribution is -2.19. The van der Waals surface area contributed by atoms with Gasteiger partial charge >= 0.3 is 0 Å². The molecule has 1 aliphatic heterocycles. The van der Waals surface area contributed by atoms with Crippen molar-refractivity contribution < 1.29 is 4.79 Å². The van der Waals surface area contributed by atoms with E-state index in [-0.39, 0.29) is 5.91 Å². The van der Waals surface area contributed by atoms with Crippen molar-refractivity contribution in [2.75, 3.05) is 23.3 Å². The van der Waals surface area contributed by atoms with Crippen LogP contribution in [0, 0.1) is 0 Å². The maximum Gasteiger partial charge on any atom is 0.255 e. The Labute approximate surface area is 167 Å². The zero-order valence-electron chi connectivity index (χ0n) is 15.8. The molecule has 0 spiro atoms. The van der Waals surface area contributed by atoms with Gasteiger partial charge < -0.3 is 10.2 Å². The number of aromatic amines is 1. The van der Waals surface area contributed by atoms with Gasteiger partial charge in [0.1, 0.15) is 0 Å². The van der Waals surface area contributed by atoms with Crippen molar-refractivity contribution in [2.45, 2.75) is 12.8 Å². The number of carbonyl (C=O) groups excluding carboxylic acids is 1. The zero-order valence-corrected chi connectivity index (χ0v) is 15.8. The lowest BCUT2D eigenvalue weighted by atomic mass is 10.1. The van der Waals surface area contributed by atoms with E-state index in [9.17, 15) is 4.79 Å². The van der Waals surface area contributed by atoms with Gasteiger partial charge in [0.05, 0.1) is 17.4 Å². The number of aromatic nitrogens is 4. The van der Waals surface area contributed by atoms with Gasteiger partial charge in [0, 0.05) is 35.3 Å². The molecule has 3 heterocycles. The molecular weight excluding hydrogens is 364 g/mol. The van der Waals surface area contributed by atoms with Crippen LogP contribution >= 0.6 is 0 Å². The number of nitrogens with one attached hydrogen (secondary N) is 2. The molecule has 0 unspecified atom stereocenters. The summed E-state index contributed by atoms with van der Waals surface area (Å²) in [6.07, 6.45) is 4.12. The van der Waals surface area contributed by atoms with E-state index in [4.69, 9.17) is 0 Å². The van der Waals surface area contributed by atoms with Crippen molar-refractivity contribution in [3.63, 3.8) is 0 Å². The first-order valence-corrected chi connectivity index (χ1v) is 9.70. The fraction of sp³-hybridized carbons (Fsp3) is 0.182. The number of hydrogen-bond acceptors (Lipinski definition) is 5. The second-order valence-corrected chi connectivity index (χ2v) is 7.18. The Balaban J connectivity index is 1.34. The molecule has 144 valence electrons. The number of hydrogen-bond donors (Lipinski definition) is 2. The molecular formula is C22H20N6O. The number of rotatable bonds is 4. The molecule has 1 fully saturated rings. The summed E-state index contributed by atoms with van der Waals surface area (Å²) in [5, 5.41) is 19.5. The van der Waals surface area contributed by atoms with Crippen molar-refractivity contribution in [1.29, 1.82) is 0 Å². The quantitative estimate of drug-likeness (QED) is 0.558. The lowest BCUT2D eigenvalue weighted by molar-refractivity contribution is 0.102. The van der Waals surface area contributed by atoms with E-state index in [2.05, 4.69) is 30.6 Å². The maximum atomic E-state index is 12.6. The molecule has 0 atom stereocenters. The van der Waals surface area contributed by atoms with E-state index in [1.54, 1.807) is 12.3 Å². The summed E-state index contributed by atoms with van der Waals surface area (Å²) in [5.74, 6) is 0.756. The number of H-pyrrole nitrogens is 1. The standard InChI is InChI=1S/C22H20N6O/c29-22(16-6-7-20-17(12-16)14-23-25-20)24-18-5-3-4-15(13-18)19-8-9-21(27-26-19)28-10-1-2-11-28/h3-9,12-14H,1-2,10-11H2,(H,23,25)(H,24,29). The van der Waals surface area contributed by atoms with Gasteiger partial charge in [-0.2, -0.15) is 5.10 Å². The van der Waals surface area contributed by atoms with Gasteiger partial charge in [-0.15, -0.1) is 10.2 Å². The lowest BCUT2D eigenvalue weighted by Gasteiger charge is -2.15. The topological polar surface area (TPSA) is 86.8 Å². The Morgan fingerprint density at radius 2 is 1.90 bits per heavy atom. The average molecular weight is 384 g/mol. The Kier molecular flexibility index (Phi) is 4.40. The van der Waals surface area contributed by atoms with Crippen molar-refractivity contribution in [3.8, 4) is 11.3 Å². The molecule has 2 N–H and O–H groups in total. The van der Waals surface area contributed by atoms with Crippen molar-refractivity contribution in [2.24, 2.45) is 0 Å². The number of benzene rings is 2. The van der Waals surface area contributed by atoms with Crippen LogP contribution in [0.5, 0.6) is 0 Å². The summed E-state index contributed by atoms with van der Waals surface area (Å²) in [6, 6.07) is 17.1. The minimum atomic E-state index is -0.166. The van der Waals surface area contributed by atoms with E-state index in [0.717, 1.165) is 41.1 Å². The van der Waals surface area contributed by atoms with Gasteiger partial charge in [-0.25, -0.2) is 0 Å². The number of nitrogens with zero attached hydrogens (tertiary/aromatic N) is 4. The van der Waals surface area contributed by atoms with Gasteiger partial charge in [-0.3, -0.25) is 9.89 Å². The molecule has 0 saturated carbocycles. The Morgan fingerprint density at radius 1 is 1.00 bits per heavy atom. The van der Waals surface area contributed by atoms with Crippen molar-refractivity contribution >= 4 is 28.3 Å². The Bertz CT molecular complexity index is 1160. The van der Waals surface area contributed by atoms with Crippen LogP contribution < -0.4 is 10.2 Å². The summed E-state index contributed by atoms with van der Waals surface area (Å²) >= 11 is 0. The van der Waals surface area contributed by atoms with Crippen LogP contribution in [0.15, 0.2) is 60.8 Å². The van der Waals surface area contributed by atoms with E-state index in [0.29, 0.717) is 11.3 Å². The first kappa shape index (κ1) is 17.4. The predicted octanol–water partition coefficient (Wildman–Crippen LogP) is 3.87. The van der Waals surface area contributed by atoms with Gasteiger partial charge in [-0.1, -0.05) is 12.1 Å². The highest BCUT2D eigenvalue weighted by Gasteiger charge is 2.14. The molecule has 7 heteroatoms. The summed E-state index contributed by atoms with van der Waals surface area (Å²) in [6.45, 7) is 2.08. The fourth-order valence-electron chi connectivity index (χ4n) is 3.64. The van der Waals surface area contributed by atoms with Gasteiger partial charge in [-0.05, 0) is 55.3 Å². The number of carbonyl (C=O) groups is 1. The van der Waals surface area contributed by atoms with Gasteiger partial charge in [0.2, 0.25) is 0 Å². The van der Waals surface area contributed by atoms with Crippen molar-refractivity contribution in [1.82, 2.24) is 20.4 Å². The Hall–Kier alpha value is -3.74. The highest BCUT2D eigenvalue weighted by Crippen LogP contribution is 2.24. The minimum Gasteiger partial charge on any atom is -0.355 e. The molecule has 1 saturated heterocycles. The minimum absolute atomic E-state index is 0.166. The molecule has 5 rings (SSSR count). The van der Waals surface area contributed by atoms with E-state index >= 15 is 0 Å². The molecule has 7 nitrogen and oxygen atoms in total. The average Bonchev–Trinajstić information content (AvgIpc) is 3.45. The van der Waals surface area contributed by atoms with Crippen LogP contribution in [0.3, 0.4) is 0 Å². The SMILES string of the molecule is O=C(Nc1cccc(-c2ccc(N3CCCC3)nn2)c1)c1ccc2[nH]ncc2c1. The first-order chi connectivity index (χ1) is 14.3. The van der Waals surface area contributed by atoms with Crippen molar-refractivity contribution in [3.05, 3.63) is 66.4 Å². The van der Waals surface area contributed by atoms with Gasteiger partial charge in [0.15, 0.2) is 5.82 Å². The molecule has 1 aliphatic rings. The smallest absolute Gasteiger partial charge is 0.255 e. The molecule has 0 aliphatic carbocycles. The predicted molar refractivity (Wildman–Crippen MR) is 113 cm³/mol. The molecule has 0 bridgehead atoms. The van der Waals surface area contributed by atoms with Crippen LogP contribution in [0.1, 0.15) is 23.2 Å². The Morgan fingerprint density at radius 3 is 2.72 bits per heavy atom. The summed E-state index contributed by atoms with van der Waals surface area (Å²) < 4.78 is 0. The molecule has 29 heavy (non-hydrogen) atoms. The van der Waals surface area contributed by atoms with Crippen LogP contribution in [0.25, 0.3) is 22.2 Å². The van der Waals surface area contributed by atoms with Crippen LogP contribution in [-0.2, 0) is 0 Å². The largest absolute Gasteiger partial charge is 0.355 e. The number of amides is 1. The van der Waals surface area contributed by atoms with E-state index in [1.807, 2.05) is 48.5 Å². The fourth-order valence-corrected chi connectivity index (χ4v) is 3.64. The molecule has 1 amide bonds. The van der Waals surface area contributed by atoms with Crippen LogP contribution in [0.2, 0.25) is 0 Å². The summed E-state index contributed by atoms with van der Waals surface area (Å²) in [5.41, 5.74) is 3.89. The summed E-state index contributed by atoms with van der Waals surface area (Å²) in [4.78, 5) is 14.9. The molecule has 4 aromatic rings. The summed E-state index contributed by atoms with van der Waals surface area (Å²) in [7, 11) is 0. The third-order valence-corrected chi connectivity index (χ3v) is 5.20. The number of anilines is 2. The van der Waals surface area contributed by atoms with Crippen LogP contribution in [-0.4, -0.2) is 39.4 Å². The van der Waals surface area contributed by atoms with E-state index in [1.165, 1.54) is 12.8 Å². The van der Waals surface area contributed by atoms with Crippen LogP contribution in [0.4, 0.5) is 11.5 Å². The molecule has 2 aromatic heterocycles. The third-order valence-electron chi connectivity index (χ3n) is 5.20. The first-order valence-electron chi connectivity index (χ1n) is 9.70. The van der Waals surface area contributed by atoms with E-state index < -0.39 is 0 Å². The normalized spacial score (nSPS) is 13.7. The third kappa shape index (κ3) is 3.54.